The molecule has 0 amide bonds. The Morgan fingerprint density at radius 1 is 1.12 bits per heavy atom. The molecule has 0 aromatic heterocycles. The van der Waals surface area contributed by atoms with Crippen LogP contribution in [-0.2, 0) is 4.74 Å². The summed E-state index contributed by atoms with van der Waals surface area (Å²) in [5, 5.41) is 3.37. The van der Waals surface area contributed by atoms with Crippen LogP contribution in [0.3, 0.4) is 0 Å². The molecule has 17 heavy (non-hydrogen) atoms. The number of benzene rings is 1. The Kier molecular flexibility index (Phi) is 2.91. The van der Waals surface area contributed by atoms with Crippen LogP contribution in [0.2, 0.25) is 0 Å². The maximum atomic E-state index is 5.90. The molecule has 0 aliphatic carbocycles. The SMILES string of the molecule is CC1CNCC(c2ccc3c(c2)OCCO3)O1. The Balaban J connectivity index is 1.83. The maximum Gasteiger partial charge on any atom is 0.161 e. The third-order valence-electron chi connectivity index (χ3n) is 3.10. The van der Waals surface area contributed by atoms with E-state index < -0.39 is 0 Å². The maximum absolute atomic E-state index is 5.90. The van der Waals surface area contributed by atoms with Crippen molar-refractivity contribution in [2.45, 2.75) is 19.1 Å². The fourth-order valence-corrected chi connectivity index (χ4v) is 2.25. The van der Waals surface area contributed by atoms with E-state index in [4.69, 9.17) is 14.2 Å². The van der Waals surface area contributed by atoms with Gasteiger partial charge in [-0.25, -0.2) is 0 Å². The lowest BCUT2D eigenvalue weighted by molar-refractivity contribution is -0.0288. The van der Waals surface area contributed by atoms with Gasteiger partial charge in [0.25, 0.3) is 0 Å². The minimum absolute atomic E-state index is 0.106. The van der Waals surface area contributed by atoms with E-state index in [0.29, 0.717) is 13.2 Å². The van der Waals surface area contributed by atoms with Gasteiger partial charge in [-0.3, -0.25) is 0 Å². The zero-order chi connectivity index (χ0) is 11.7. The molecular weight excluding hydrogens is 218 g/mol. The summed E-state index contributed by atoms with van der Waals surface area (Å²) in [7, 11) is 0. The van der Waals surface area contributed by atoms with Crippen molar-refractivity contribution in [3.05, 3.63) is 23.8 Å². The lowest BCUT2D eigenvalue weighted by Crippen LogP contribution is -2.38. The smallest absolute Gasteiger partial charge is 0.161 e. The van der Waals surface area contributed by atoms with Gasteiger partial charge < -0.3 is 19.5 Å². The molecule has 1 saturated heterocycles. The van der Waals surface area contributed by atoms with Gasteiger partial charge in [0.2, 0.25) is 0 Å². The van der Waals surface area contributed by atoms with E-state index in [1.165, 1.54) is 0 Å². The van der Waals surface area contributed by atoms with Crippen molar-refractivity contribution in [2.75, 3.05) is 26.3 Å². The second-order valence-electron chi connectivity index (χ2n) is 4.50. The van der Waals surface area contributed by atoms with Crippen molar-refractivity contribution in [2.24, 2.45) is 0 Å². The zero-order valence-electron chi connectivity index (χ0n) is 9.94. The molecule has 0 saturated carbocycles. The van der Waals surface area contributed by atoms with Gasteiger partial charge in [-0.05, 0) is 24.6 Å². The summed E-state index contributed by atoms with van der Waals surface area (Å²) in [4.78, 5) is 0. The zero-order valence-corrected chi connectivity index (χ0v) is 9.94. The molecule has 1 aromatic carbocycles. The van der Waals surface area contributed by atoms with Crippen LogP contribution >= 0.6 is 0 Å². The van der Waals surface area contributed by atoms with E-state index in [2.05, 4.69) is 18.3 Å². The highest BCUT2D eigenvalue weighted by Gasteiger charge is 2.22. The Morgan fingerprint density at radius 2 is 1.94 bits per heavy atom. The molecule has 1 aromatic rings. The molecular formula is C13H17NO3. The topological polar surface area (TPSA) is 39.7 Å². The van der Waals surface area contributed by atoms with Crippen molar-refractivity contribution in [1.29, 1.82) is 0 Å². The van der Waals surface area contributed by atoms with Gasteiger partial charge in [0.1, 0.15) is 13.2 Å². The summed E-state index contributed by atoms with van der Waals surface area (Å²) in [6, 6.07) is 6.04. The van der Waals surface area contributed by atoms with Crippen LogP contribution in [0.15, 0.2) is 18.2 Å². The Hall–Kier alpha value is -1.26. The van der Waals surface area contributed by atoms with Crippen molar-refractivity contribution in [1.82, 2.24) is 5.32 Å². The monoisotopic (exact) mass is 235 g/mol. The van der Waals surface area contributed by atoms with Crippen LogP contribution in [0.25, 0.3) is 0 Å². The van der Waals surface area contributed by atoms with Crippen LogP contribution < -0.4 is 14.8 Å². The lowest BCUT2D eigenvalue weighted by Gasteiger charge is -2.29. The van der Waals surface area contributed by atoms with E-state index in [0.717, 1.165) is 30.2 Å². The first-order chi connectivity index (χ1) is 8.33. The van der Waals surface area contributed by atoms with Crippen molar-refractivity contribution in [3.63, 3.8) is 0 Å². The number of hydrogen-bond acceptors (Lipinski definition) is 4. The Labute approximate surface area is 101 Å². The first-order valence-electron chi connectivity index (χ1n) is 6.08. The molecule has 2 atom stereocenters. The van der Waals surface area contributed by atoms with E-state index in [9.17, 15) is 0 Å². The number of hydrogen-bond donors (Lipinski definition) is 1. The minimum Gasteiger partial charge on any atom is -0.486 e. The van der Waals surface area contributed by atoms with Gasteiger partial charge >= 0.3 is 0 Å². The van der Waals surface area contributed by atoms with Gasteiger partial charge in [0.15, 0.2) is 11.5 Å². The van der Waals surface area contributed by atoms with Gasteiger partial charge in [-0.15, -0.1) is 0 Å². The van der Waals surface area contributed by atoms with Gasteiger partial charge in [-0.2, -0.15) is 0 Å². The number of morpholine rings is 1. The predicted octanol–water partition coefficient (Wildman–Crippen LogP) is 1.51. The van der Waals surface area contributed by atoms with E-state index in [-0.39, 0.29) is 12.2 Å². The predicted molar refractivity (Wildman–Crippen MR) is 63.6 cm³/mol. The highest BCUT2D eigenvalue weighted by atomic mass is 16.6. The fourth-order valence-electron chi connectivity index (χ4n) is 2.25. The molecule has 2 heterocycles. The third-order valence-corrected chi connectivity index (χ3v) is 3.10. The second-order valence-corrected chi connectivity index (χ2v) is 4.50. The standard InChI is InChI=1S/C13H17NO3/c1-9-7-14-8-13(17-9)10-2-3-11-12(6-10)16-5-4-15-11/h2-3,6,9,13-14H,4-5,7-8H2,1H3. The van der Waals surface area contributed by atoms with Crippen LogP contribution in [0, 0.1) is 0 Å². The highest BCUT2D eigenvalue weighted by Crippen LogP contribution is 2.34. The molecule has 4 heteroatoms. The van der Waals surface area contributed by atoms with E-state index >= 15 is 0 Å². The molecule has 92 valence electrons. The summed E-state index contributed by atoms with van der Waals surface area (Å²) in [5.41, 5.74) is 1.15. The Morgan fingerprint density at radius 3 is 2.76 bits per heavy atom. The third kappa shape index (κ3) is 2.23. The van der Waals surface area contributed by atoms with Gasteiger partial charge in [0.05, 0.1) is 12.2 Å². The van der Waals surface area contributed by atoms with Crippen LogP contribution in [0.4, 0.5) is 0 Å². The molecule has 2 aliphatic heterocycles. The quantitative estimate of drug-likeness (QED) is 0.801. The van der Waals surface area contributed by atoms with Crippen LogP contribution in [-0.4, -0.2) is 32.4 Å². The second kappa shape index (κ2) is 4.55. The summed E-state index contributed by atoms with van der Waals surface area (Å²) in [5.74, 6) is 1.66. The minimum atomic E-state index is 0.106. The highest BCUT2D eigenvalue weighted by molar-refractivity contribution is 5.44. The number of ether oxygens (including phenoxy) is 3. The molecule has 0 spiro atoms. The average Bonchev–Trinajstić information content (AvgIpc) is 2.38. The summed E-state index contributed by atoms with van der Waals surface area (Å²) >= 11 is 0. The van der Waals surface area contributed by atoms with Crippen LogP contribution in [0.5, 0.6) is 11.5 Å². The molecule has 3 rings (SSSR count). The molecule has 1 N–H and O–H groups in total. The van der Waals surface area contributed by atoms with Gasteiger partial charge in [-0.1, -0.05) is 6.07 Å². The number of nitrogens with one attached hydrogen (secondary N) is 1. The first kappa shape index (κ1) is 10.9. The van der Waals surface area contributed by atoms with E-state index in [1.54, 1.807) is 0 Å². The molecule has 0 bridgehead atoms. The first-order valence-corrected chi connectivity index (χ1v) is 6.08. The average molecular weight is 235 g/mol. The van der Waals surface area contributed by atoms with Crippen LogP contribution in [0.1, 0.15) is 18.6 Å². The Bertz CT molecular complexity index is 408. The normalized spacial score (nSPS) is 27.8. The molecule has 0 radical (unpaired) electrons. The molecule has 1 fully saturated rings. The van der Waals surface area contributed by atoms with E-state index in [1.807, 2.05) is 12.1 Å². The molecule has 2 unspecified atom stereocenters. The lowest BCUT2D eigenvalue weighted by atomic mass is 10.1. The largest absolute Gasteiger partial charge is 0.486 e. The number of fused-ring (bicyclic) bond motifs is 1. The molecule has 2 aliphatic rings. The van der Waals surface area contributed by atoms with Crippen molar-refractivity contribution < 1.29 is 14.2 Å². The van der Waals surface area contributed by atoms with Crippen molar-refractivity contribution >= 4 is 0 Å². The van der Waals surface area contributed by atoms with Gasteiger partial charge in [0, 0.05) is 13.1 Å². The van der Waals surface area contributed by atoms with Crippen molar-refractivity contribution in [3.8, 4) is 11.5 Å². The number of rotatable bonds is 1. The summed E-state index contributed by atoms with van der Waals surface area (Å²) in [6.45, 7) is 5.10. The summed E-state index contributed by atoms with van der Waals surface area (Å²) in [6.07, 6.45) is 0.358. The summed E-state index contributed by atoms with van der Waals surface area (Å²) < 4.78 is 17.0. The fraction of sp³-hybridized carbons (Fsp3) is 0.538. The molecule has 4 nitrogen and oxygen atoms in total.